The highest BCUT2D eigenvalue weighted by Crippen LogP contribution is 2.23. The molecule has 0 saturated carbocycles. The van der Waals surface area contributed by atoms with Crippen LogP contribution in [0.4, 0.5) is 0 Å². The second-order valence-electron chi connectivity index (χ2n) is 5.30. The number of carbonyl (C=O) groups excluding carboxylic acids is 1. The summed E-state index contributed by atoms with van der Waals surface area (Å²) in [6, 6.07) is 1.66. The Morgan fingerprint density at radius 2 is 2.20 bits per heavy atom. The van der Waals surface area contributed by atoms with E-state index >= 15 is 0 Å². The lowest BCUT2D eigenvalue weighted by Gasteiger charge is -2.35. The zero-order valence-corrected chi connectivity index (χ0v) is 12.5. The third-order valence-electron chi connectivity index (χ3n) is 3.52. The maximum absolute atomic E-state index is 12.4. The molecule has 0 unspecified atom stereocenters. The van der Waals surface area contributed by atoms with Gasteiger partial charge in [-0.05, 0) is 13.0 Å². The first kappa shape index (κ1) is 15.2. The summed E-state index contributed by atoms with van der Waals surface area (Å²) in [5.41, 5.74) is 0.237. The van der Waals surface area contributed by atoms with E-state index in [0.717, 1.165) is 5.69 Å². The number of nitrogens with zero attached hydrogens (tertiary/aromatic N) is 2. The fourth-order valence-electron chi connectivity index (χ4n) is 2.31. The Morgan fingerprint density at radius 1 is 1.55 bits per heavy atom. The molecule has 0 radical (unpaired) electrons. The fourth-order valence-corrected chi connectivity index (χ4v) is 2.60. The summed E-state index contributed by atoms with van der Waals surface area (Å²) < 4.78 is 5.23. The topological polar surface area (TPSA) is 62.7 Å². The largest absolute Gasteiger partial charge is 0.388 e. The first-order valence-corrected chi connectivity index (χ1v) is 6.97. The number of halogens is 1. The van der Waals surface area contributed by atoms with E-state index in [4.69, 9.17) is 16.3 Å². The highest BCUT2D eigenvalue weighted by atomic mass is 35.5. The molecule has 1 aromatic heterocycles. The molecule has 110 valence electrons. The van der Waals surface area contributed by atoms with Crippen molar-refractivity contribution in [2.75, 3.05) is 26.8 Å². The van der Waals surface area contributed by atoms with Crippen molar-refractivity contribution >= 4 is 17.5 Å². The van der Waals surface area contributed by atoms with Crippen LogP contribution in [-0.4, -0.2) is 53.3 Å². The molecule has 1 aliphatic rings. The number of rotatable bonds is 3. The zero-order valence-electron chi connectivity index (χ0n) is 11.7. The summed E-state index contributed by atoms with van der Waals surface area (Å²) in [5.74, 6) is -0.234. The molecular formula is C14H19ClN2O3. The van der Waals surface area contributed by atoms with Crippen LogP contribution in [0.25, 0.3) is 0 Å². The maximum atomic E-state index is 12.4. The number of aliphatic hydroxyl groups is 1. The molecule has 1 saturated heterocycles. The molecule has 1 aliphatic heterocycles. The number of aromatic nitrogens is 1. The van der Waals surface area contributed by atoms with Gasteiger partial charge in [0, 0.05) is 51.5 Å². The molecule has 2 rings (SSSR count). The molecule has 0 bridgehead atoms. The van der Waals surface area contributed by atoms with Crippen LogP contribution >= 0.6 is 11.6 Å². The molecule has 0 spiro atoms. The first-order chi connectivity index (χ1) is 9.41. The molecule has 1 amide bonds. The monoisotopic (exact) mass is 298 g/mol. The number of carbonyl (C=O) groups is 1. The van der Waals surface area contributed by atoms with Crippen LogP contribution in [0.1, 0.15) is 28.9 Å². The van der Waals surface area contributed by atoms with E-state index in [-0.39, 0.29) is 12.5 Å². The van der Waals surface area contributed by atoms with Crippen LogP contribution in [-0.2, 0) is 4.74 Å². The summed E-state index contributed by atoms with van der Waals surface area (Å²) in [4.78, 5) is 17.9. The lowest BCUT2D eigenvalue weighted by Crippen LogP contribution is -2.47. The van der Waals surface area contributed by atoms with Gasteiger partial charge in [-0.1, -0.05) is 11.6 Å². The van der Waals surface area contributed by atoms with Crippen molar-refractivity contribution in [2.45, 2.75) is 25.4 Å². The van der Waals surface area contributed by atoms with Crippen molar-refractivity contribution < 1.29 is 14.6 Å². The lowest BCUT2D eigenvalue weighted by atomic mass is 9.94. The minimum Gasteiger partial charge on any atom is -0.388 e. The maximum Gasteiger partial charge on any atom is 0.256 e. The molecule has 0 aromatic carbocycles. The number of amides is 1. The van der Waals surface area contributed by atoms with Crippen LogP contribution < -0.4 is 0 Å². The van der Waals surface area contributed by atoms with Gasteiger partial charge in [0.25, 0.3) is 5.91 Å². The number of pyridine rings is 1. The highest BCUT2D eigenvalue weighted by molar-refractivity contribution is 6.33. The number of hydrogen-bond acceptors (Lipinski definition) is 4. The second kappa shape index (κ2) is 6.08. The van der Waals surface area contributed by atoms with E-state index in [2.05, 4.69) is 4.98 Å². The molecular weight excluding hydrogens is 280 g/mol. The second-order valence-corrected chi connectivity index (χ2v) is 5.71. The Bertz CT molecular complexity index is 501. The number of likely N-dealkylation sites (N-methyl/N-ethyl adjacent to an activating group) is 1. The minimum absolute atomic E-state index is 0.234. The Hall–Kier alpha value is -1.17. The number of hydrogen-bond donors (Lipinski definition) is 1. The van der Waals surface area contributed by atoms with Gasteiger partial charge in [-0.2, -0.15) is 0 Å². The summed E-state index contributed by atoms with van der Waals surface area (Å²) in [6.45, 7) is 3.12. The van der Waals surface area contributed by atoms with Gasteiger partial charge in [0.1, 0.15) is 0 Å². The molecule has 5 nitrogen and oxygen atoms in total. The van der Waals surface area contributed by atoms with E-state index in [1.54, 1.807) is 13.1 Å². The normalized spacial score (nSPS) is 17.8. The molecule has 1 N–H and O–H groups in total. The average Bonchev–Trinajstić information content (AvgIpc) is 2.38. The van der Waals surface area contributed by atoms with Crippen molar-refractivity contribution in [2.24, 2.45) is 0 Å². The van der Waals surface area contributed by atoms with Crippen molar-refractivity contribution in [3.05, 3.63) is 28.5 Å². The quantitative estimate of drug-likeness (QED) is 0.922. The van der Waals surface area contributed by atoms with Gasteiger partial charge in [0.15, 0.2) is 0 Å². The highest BCUT2D eigenvalue weighted by Gasteiger charge is 2.32. The Balaban J connectivity index is 2.08. The first-order valence-electron chi connectivity index (χ1n) is 6.59. The van der Waals surface area contributed by atoms with E-state index in [0.29, 0.717) is 36.6 Å². The van der Waals surface area contributed by atoms with Gasteiger partial charge >= 0.3 is 0 Å². The third-order valence-corrected chi connectivity index (χ3v) is 3.84. The summed E-state index contributed by atoms with van der Waals surface area (Å²) in [5, 5.41) is 10.8. The van der Waals surface area contributed by atoms with Crippen molar-refractivity contribution in [1.82, 2.24) is 9.88 Å². The van der Waals surface area contributed by atoms with E-state index in [1.807, 2.05) is 6.92 Å². The molecule has 1 fully saturated rings. The Morgan fingerprint density at radius 3 is 2.80 bits per heavy atom. The molecule has 0 aliphatic carbocycles. The predicted octanol–water partition coefficient (Wildman–Crippen LogP) is 1.66. The molecule has 1 aromatic rings. The van der Waals surface area contributed by atoms with Crippen LogP contribution in [0.2, 0.25) is 5.02 Å². The predicted molar refractivity (Wildman–Crippen MR) is 75.9 cm³/mol. The van der Waals surface area contributed by atoms with Gasteiger partial charge < -0.3 is 14.7 Å². The van der Waals surface area contributed by atoms with Crippen molar-refractivity contribution in [1.29, 1.82) is 0 Å². The lowest BCUT2D eigenvalue weighted by molar-refractivity contribution is -0.0734. The SMILES string of the molecule is Cc1cc(Cl)c(C(=O)N(C)CC2(O)CCOCC2)cn1. The van der Waals surface area contributed by atoms with Crippen LogP contribution in [0.5, 0.6) is 0 Å². The standard InChI is InChI=1S/C14H19ClN2O3/c1-10-7-12(15)11(8-16-10)13(18)17(2)9-14(19)3-5-20-6-4-14/h7-8,19H,3-6,9H2,1-2H3. The number of aryl methyl sites for hydroxylation is 1. The van der Waals surface area contributed by atoms with Crippen LogP contribution in [0.15, 0.2) is 12.3 Å². The van der Waals surface area contributed by atoms with E-state index < -0.39 is 5.60 Å². The minimum atomic E-state index is -0.882. The molecule has 2 heterocycles. The third kappa shape index (κ3) is 3.48. The average molecular weight is 299 g/mol. The van der Waals surface area contributed by atoms with Crippen molar-refractivity contribution in [3.63, 3.8) is 0 Å². The van der Waals surface area contributed by atoms with Crippen LogP contribution in [0.3, 0.4) is 0 Å². The Kier molecular flexibility index (Phi) is 4.62. The van der Waals surface area contributed by atoms with Gasteiger partial charge in [0.2, 0.25) is 0 Å². The number of ether oxygens (including phenoxy) is 1. The smallest absolute Gasteiger partial charge is 0.256 e. The van der Waals surface area contributed by atoms with Crippen LogP contribution in [0, 0.1) is 6.92 Å². The van der Waals surface area contributed by atoms with E-state index in [1.165, 1.54) is 11.1 Å². The van der Waals surface area contributed by atoms with Gasteiger partial charge in [0.05, 0.1) is 16.2 Å². The molecule has 6 heteroatoms. The fraction of sp³-hybridized carbons (Fsp3) is 0.571. The molecule has 20 heavy (non-hydrogen) atoms. The van der Waals surface area contributed by atoms with Gasteiger partial charge in [-0.25, -0.2) is 0 Å². The summed E-state index contributed by atoms with van der Waals surface area (Å²) >= 11 is 6.08. The summed E-state index contributed by atoms with van der Waals surface area (Å²) in [7, 11) is 1.66. The van der Waals surface area contributed by atoms with Gasteiger partial charge in [-0.15, -0.1) is 0 Å². The Labute approximate surface area is 123 Å². The van der Waals surface area contributed by atoms with E-state index in [9.17, 15) is 9.90 Å². The van der Waals surface area contributed by atoms with Gasteiger partial charge in [-0.3, -0.25) is 9.78 Å². The summed E-state index contributed by atoms with van der Waals surface area (Å²) in [6.07, 6.45) is 2.54. The molecule has 0 atom stereocenters. The van der Waals surface area contributed by atoms with Crippen molar-refractivity contribution in [3.8, 4) is 0 Å². The zero-order chi connectivity index (χ0) is 14.8.